The zero-order valence-electron chi connectivity index (χ0n) is 11.8. The number of phenolic OH excluding ortho intramolecular Hbond substituents is 1. The first-order chi connectivity index (χ1) is 9.88. The molecule has 1 rings (SSSR count). The van der Waals surface area contributed by atoms with Crippen molar-refractivity contribution in [2.45, 2.75) is 6.92 Å². The maximum Gasteiger partial charge on any atom is 0.354 e. The Kier molecular flexibility index (Phi) is 5.48. The maximum atomic E-state index is 11.6. The van der Waals surface area contributed by atoms with E-state index in [-0.39, 0.29) is 28.5 Å². The summed E-state index contributed by atoms with van der Waals surface area (Å²) in [5.41, 5.74) is 0.216. The molecule has 21 heavy (non-hydrogen) atoms. The number of Topliss-reactive ketones (excluding diaryl/α,β-unsaturated/α-hetero) is 1. The van der Waals surface area contributed by atoms with Gasteiger partial charge in [-0.3, -0.25) is 4.79 Å². The summed E-state index contributed by atoms with van der Waals surface area (Å²) in [5.74, 6) is -1.98. The van der Waals surface area contributed by atoms with Crippen molar-refractivity contribution in [3.05, 3.63) is 35.5 Å². The molecule has 0 heterocycles. The standard InChI is InChI=1S/C14H15NO6/c1-8(16)10-6-9(17)4-5-11(10)15-12(14(19)21-3)7-13(18)20-2/h4-7,15,17H,1-3H3/b12-7+. The second-order valence-electron chi connectivity index (χ2n) is 3.98. The minimum Gasteiger partial charge on any atom is -0.508 e. The zero-order valence-corrected chi connectivity index (χ0v) is 11.8. The van der Waals surface area contributed by atoms with Crippen LogP contribution in [0.15, 0.2) is 30.0 Å². The minimum absolute atomic E-state index is 0.0951. The third-order valence-electron chi connectivity index (χ3n) is 2.52. The Bertz CT molecular complexity index is 605. The average Bonchev–Trinajstić information content (AvgIpc) is 2.46. The predicted molar refractivity (Wildman–Crippen MR) is 73.8 cm³/mol. The maximum absolute atomic E-state index is 11.6. The number of aromatic hydroxyl groups is 1. The molecule has 0 saturated carbocycles. The molecule has 2 N–H and O–H groups in total. The number of methoxy groups -OCH3 is 2. The fraction of sp³-hybridized carbons (Fsp3) is 0.214. The van der Waals surface area contributed by atoms with E-state index in [1.165, 1.54) is 25.1 Å². The topological polar surface area (TPSA) is 102 Å². The first kappa shape index (κ1) is 16.2. The summed E-state index contributed by atoms with van der Waals surface area (Å²) in [4.78, 5) is 34.4. The van der Waals surface area contributed by atoms with Crippen LogP contribution in [0, 0.1) is 0 Å². The van der Waals surface area contributed by atoms with E-state index >= 15 is 0 Å². The Hall–Kier alpha value is -2.83. The van der Waals surface area contributed by atoms with E-state index in [4.69, 9.17) is 0 Å². The van der Waals surface area contributed by atoms with Crippen molar-refractivity contribution < 1.29 is 29.0 Å². The highest BCUT2D eigenvalue weighted by molar-refractivity contribution is 6.03. The van der Waals surface area contributed by atoms with Gasteiger partial charge >= 0.3 is 11.9 Å². The lowest BCUT2D eigenvalue weighted by Crippen LogP contribution is -2.16. The van der Waals surface area contributed by atoms with Gasteiger partial charge in [0.05, 0.1) is 20.3 Å². The van der Waals surface area contributed by atoms with Crippen molar-refractivity contribution >= 4 is 23.4 Å². The van der Waals surface area contributed by atoms with Crippen LogP contribution in [0.1, 0.15) is 17.3 Å². The molecule has 7 heteroatoms. The predicted octanol–water partition coefficient (Wildman–Crippen LogP) is 1.24. The van der Waals surface area contributed by atoms with E-state index in [0.717, 1.165) is 20.3 Å². The molecule has 0 aromatic heterocycles. The van der Waals surface area contributed by atoms with E-state index in [9.17, 15) is 19.5 Å². The smallest absolute Gasteiger partial charge is 0.354 e. The van der Waals surface area contributed by atoms with Crippen LogP contribution in [0.3, 0.4) is 0 Å². The summed E-state index contributed by atoms with van der Waals surface area (Å²) in [7, 11) is 2.31. The number of esters is 2. The van der Waals surface area contributed by atoms with Crippen molar-refractivity contribution in [3.63, 3.8) is 0 Å². The third kappa shape index (κ3) is 4.34. The van der Waals surface area contributed by atoms with Crippen molar-refractivity contribution in [3.8, 4) is 5.75 Å². The van der Waals surface area contributed by atoms with Gasteiger partial charge in [-0.15, -0.1) is 0 Å². The highest BCUT2D eigenvalue weighted by Gasteiger charge is 2.16. The lowest BCUT2D eigenvalue weighted by molar-refractivity contribution is -0.138. The number of hydrogen-bond acceptors (Lipinski definition) is 7. The van der Waals surface area contributed by atoms with Gasteiger partial charge in [-0.1, -0.05) is 0 Å². The molecule has 0 unspecified atom stereocenters. The Morgan fingerprint density at radius 2 is 1.86 bits per heavy atom. The molecule has 0 spiro atoms. The molecular formula is C14H15NO6. The summed E-state index contributed by atoms with van der Waals surface area (Å²) >= 11 is 0. The van der Waals surface area contributed by atoms with Crippen LogP contribution < -0.4 is 5.32 Å². The summed E-state index contributed by atoms with van der Waals surface area (Å²) in [6, 6.07) is 3.99. The molecule has 0 aliphatic carbocycles. The molecule has 1 aromatic carbocycles. The SMILES string of the molecule is COC(=O)/C=C(/Nc1ccc(O)cc1C(C)=O)C(=O)OC. The summed E-state index contributed by atoms with van der Waals surface area (Å²) in [6.45, 7) is 1.31. The molecule has 1 aromatic rings. The number of anilines is 1. The average molecular weight is 293 g/mol. The van der Waals surface area contributed by atoms with Gasteiger partial charge in [0.1, 0.15) is 11.4 Å². The van der Waals surface area contributed by atoms with Gasteiger partial charge in [-0.2, -0.15) is 0 Å². The number of ether oxygens (including phenoxy) is 2. The first-order valence-electron chi connectivity index (χ1n) is 5.88. The molecule has 0 radical (unpaired) electrons. The Labute approximate surface area is 121 Å². The number of carbonyl (C=O) groups excluding carboxylic acids is 3. The number of hydrogen-bond donors (Lipinski definition) is 2. The molecule has 112 valence electrons. The minimum atomic E-state index is -0.803. The number of benzene rings is 1. The fourth-order valence-corrected chi connectivity index (χ4v) is 1.51. The van der Waals surface area contributed by atoms with E-state index < -0.39 is 11.9 Å². The Morgan fingerprint density at radius 3 is 2.38 bits per heavy atom. The number of rotatable bonds is 5. The quantitative estimate of drug-likeness (QED) is 0.364. The van der Waals surface area contributed by atoms with Crippen LogP contribution >= 0.6 is 0 Å². The fourth-order valence-electron chi connectivity index (χ4n) is 1.51. The highest BCUT2D eigenvalue weighted by Crippen LogP contribution is 2.23. The van der Waals surface area contributed by atoms with Crippen LogP contribution in [0.25, 0.3) is 0 Å². The largest absolute Gasteiger partial charge is 0.508 e. The van der Waals surface area contributed by atoms with Gasteiger partial charge in [0.2, 0.25) is 0 Å². The third-order valence-corrected chi connectivity index (χ3v) is 2.52. The Morgan fingerprint density at radius 1 is 1.19 bits per heavy atom. The molecule has 0 bridgehead atoms. The van der Waals surface area contributed by atoms with Crippen LogP contribution in [-0.4, -0.2) is 37.0 Å². The van der Waals surface area contributed by atoms with Crippen molar-refractivity contribution in [2.24, 2.45) is 0 Å². The number of nitrogens with one attached hydrogen (secondary N) is 1. The molecule has 0 atom stereocenters. The number of phenols is 1. The molecule has 0 fully saturated rings. The first-order valence-corrected chi connectivity index (χ1v) is 5.88. The molecule has 0 aliphatic heterocycles. The number of carbonyl (C=O) groups is 3. The van der Waals surface area contributed by atoms with E-state index in [1.807, 2.05) is 0 Å². The van der Waals surface area contributed by atoms with Gasteiger partial charge in [-0.05, 0) is 25.1 Å². The van der Waals surface area contributed by atoms with Gasteiger partial charge in [0, 0.05) is 11.3 Å². The normalized spacial score (nSPS) is 10.7. The van der Waals surface area contributed by atoms with Crippen LogP contribution in [0.5, 0.6) is 5.75 Å². The second-order valence-corrected chi connectivity index (χ2v) is 3.98. The summed E-state index contributed by atoms with van der Waals surface area (Å²) in [5, 5.41) is 12.0. The Balaban J connectivity index is 3.21. The van der Waals surface area contributed by atoms with Gasteiger partial charge < -0.3 is 19.9 Å². The van der Waals surface area contributed by atoms with Crippen molar-refractivity contribution in [1.29, 1.82) is 0 Å². The van der Waals surface area contributed by atoms with Crippen molar-refractivity contribution in [1.82, 2.24) is 0 Å². The molecule has 0 amide bonds. The van der Waals surface area contributed by atoms with Crippen LogP contribution in [-0.2, 0) is 19.1 Å². The lowest BCUT2D eigenvalue weighted by atomic mass is 10.1. The molecule has 0 aliphatic rings. The highest BCUT2D eigenvalue weighted by atomic mass is 16.5. The second kappa shape index (κ2) is 7.09. The summed E-state index contributed by atoms with van der Waals surface area (Å²) < 4.78 is 8.98. The molecule has 7 nitrogen and oxygen atoms in total. The van der Waals surface area contributed by atoms with Gasteiger partial charge in [0.25, 0.3) is 0 Å². The summed E-state index contributed by atoms with van der Waals surface area (Å²) in [6.07, 6.45) is 0.905. The monoisotopic (exact) mass is 293 g/mol. The molecule has 0 saturated heterocycles. The lowest BCUT2D eigenvalue weighted by Gasteiger charge is -2.12. The van der Waals surface area contributed by atoms with Gasteiger partial charge in [0.15, 0.2) is 5.78 Å². The van der Waals surface area contributed by atoms with E-state index in [2.05, 4.69) is 14.8 Å². The van der Waals surface area contributed by atoms with Crippen LogP contribution in [0.4, 0.5) is 5.69 Å². The van der Waals surface area contributed by atoms with Crippen molar-refractivity contribution in [2.75, 3.05) is 19.5 Å². The van der Waals surface area contributed by atoms with Crippen LogP contribution in [0.2, 0.25) is 0 Å². The zero-order chi connectivity index (χ0) is 16.0. The van der Waals surface area contributed by atoms with E-state index in [0.29, 0.717) is 0 Å². The number of ketones is 1. The van der Waals surface area contributed by atoms with Gasteiger partial charge in [-0.25, -0.2) is 9.59 Å². The van der Waals surface area contributed by atoms with E-state index in [1.54, 1.807) is 0 Å². The molecular weight excluding hydrogens is 278 g/mol.